The van der Waals surface area contributed by atoms with Gasteiger partial charge in [-0.3, -0.25) is 0 Å². The molecule has 1 aliphatic rings. The van der Waals surface area contributed by atoms with Gasteiger partial charge in [0.05, 0.1) is 0 Å². The summed E-state index contributed by atoms with van der Waals surface area (Å²) in [6.07, 6.45) is 5.76. The molecule has 0 bridgehead atoms. The molecule has 1 heteroatoms. The summed E-state index contributed by atoms with van der Waals surface area (Å²) in [5.41, 5.74) is 18.1. The lowest BCUT2D eigenvalue weighted by atomic mass is 9.75. The van der Waals surface area contributed by atoms with Gasteiger partial charge >= 0.3 is 0 Å². The Morgan fingerprint density at radius 1 is 0.344 bits per heavy atom. The summed E-state index contributed by atoms with van der Waals surface area (Å²) in [5, 5.41) is 7.33. The van der Waals surface area contributed by atoms with E-state index < -0.39 is 0 Å². The normalized spacial score (nSPS) is 13.6. The van der Waals surface area contributed by atoms with E-state index in [0.29, 0.717) is 0 Å². The molecule has 12 rings (SSSR count). The van der Waals surface area contributed by atoms with Crippen LogP contribution in [-0.4, -0.2) is 0 Å². The maximum atomic E-state index is 6.17. The van der Waals surface area contributed by atoms with Gasteiger partial charge in [-0.1, -0.05) is 188 Å². The highest BCUT2D eigenvalue weighted by atomic mass is 16.3. The van der Waals surface area contributed by atoms with E-state index in [1.807, 2.05) is 12.1 Å². The van der Waals surface area contributed by atoms with Crippen LogP contribution < -0.4 is 0 Å². The first-order valence-electron chi connectivity index (χ1n) is 21.2. The predicted octanol–water partition coefficient (Wildman–Crippen LogP) is 16.6. The van der Waals surface area contributed by atoms with Gasteiger partial charge in [0.15, 0.2) is 0 Å². The topological polar surface area (TPSA) is 13.1 Å². The second-order valence-electron chi connectivity index (χ2n) is 16.4. The molecule has 286 valence electrons. The van der Waals surface area contributed by atoms with Gasteiger partial charge in [-0.25, -0.2) is 0 Å². The highest BCUT2D eigenvalue weighted by Gasteiger charge is 2.26. The minimum atomic E-state index is 0.265. The first-order chi connectivity index (χ1) is 30.2. The van der Waals surface area contributed by atoms with Crippen molar-refractivity contribution in [2.45, 2.75) is 12.3 Å². The van der Waals surface area contributed by atoms with Crippen LogP contribution in [0, 0.1) is 0 Å². The van der Waals surface area contributed by atoms with Crippen LogP contribution in [0.2, 0.25) is 0 Å². The molecule has 1 nitrogen and oxygen atoms in total. The van der Waals surface area contributed by atoms with Crippen LogP contribution in [-0.2, 0) is 6.42 Å². The lowest BCUT2D eigenvalue weighted by molar-refractivity contribution is 0.669. The minimum absolute atomic E-state index is 0.265. The van der Waals surface area contributed by atoms with Crippen LogP contribution in [0.3, 0.4) is 0 Å². The van der Waals surface area contributed by atoms with Crippen molar-refractivity contribution in [2.75, 3.05) is 0 Å². The molecule has 1 unspecified atom stereocenters. The van der Waals surface area contributed by atoms with Crippen molar-refractivity contribution < 1.29 is 4.42 Å². The summed E-state index contributed by atoms with van der Waals surface area (Å²) in [6.45, 7) is 0. The molecule has 11 aromatic rings. The average molecular weight is 777 g/mol. The Morgan fingerprint density at radius 3 is 1.79 bits per heavy atom. The van der Waals surface area contributed by atoms with Gasteiger partial charge in [0.2, 0.25) is 0 Å². The second-order valence-corrected chi connectivity index (χ2v) is 16.4. The molecule has 0 radical (unpaired) electrons. The van der Waals surface area contributed by atoms with Crippen LogP contribution >= 0.6 is 0 Å². The summed E-state index contributed by atoms with van der Waals surface area (Å²) in [5.74, 6) is 0.265. The molecular weight excluding hydrogens is 737 g/mol. The number of benzene rings is 10. The van der Waals surface area contributed by atoms with Crippen LogP contribution in [0.25, 0.3) is 105 Å². The number of allylic oxidation sites excluding steroid dienone is 1. The van der Waals surface area contributed by atoms with Crippen LogP contribution in [0.15, 0.2) is 223 Å². The van der Waals surface area contributed by atoms with Crippen molar-refractivity contribution in [3.05, 3.63) is 235 Å². The summed E-state index contributed by atoms with van der Waals surface area (Å²) in [6, 6.07) is 77.7. The Balaban J connectivity index is 1.07. The zero-order chi connectivity index (χ0) is 40.3. The molecule has 1 aliphatic carbocycles. The van der Waals surface area contributed by atoms with E-state index in [0.717, 1.165) is 28.4 Å². The van der Waals surface area contributed by atoms with Gasteiger partial charge in [0, 0.05) is 16.7 Å². The summed E-state index contributed by atoms with van der Waals surface area (Å²) >= 11 is 0. The molecule has 1 heterocycles. The van der Waals surface area contributed by atoms with Gasteiger partial charge in [0.25, 0.3) is 0 Å². The van der Waals surface area contributed by atoms with Crippen molar-refractivity contribution in [3.8, 4) is 55.6 Å². The van der Waals surface area contributed by atoms with Crippen molar-refractivity contribution in [1.82, 2.24) is 0 Å². The lowest BCUT2D eigenvalue weighted by Gasteiger charge is -2.28. The number of hydrogen-bond donors (Lipinski definition) is 0. The Hall–Kier alpha value is -7.74. The smallest absolute Gasteiger partial charge is 0.135 e. The monoisotopic (exact) mass is 776 g/mol. The van der Waals surface area contributed by atoms with Crippen LogP contribution in [0.5, 0.6) is 0 Å². The Kier molecular flexibility index (Phi) is 8.38. The standard InChI is InChI=1S/C60H40O/c1-3-12-39(13-4-1)47-29-32-53-55(37-47)59(43-25-22-42(23-26-43)49-30-33-58-54(36-49)51-20-9-10-21-57(51)61-58)52-31-28-48(40-14-5-2-6-15-40)38-56(52)60(53)50-19-11-18-45(35-50)46-27-24-41-16-7-8-17-44(41)34-46/h1-37,48H,38H2. The number of fused-ring (bicyclic) bond motifs is 6. The third-order valence-electron chi connectivity index (χ3n) is 12.8. The third-order valence-corrected chi connectivity index (χ3v) is 12.8. The zero-order valence-electron chi connectivity index (χ0n) is 33.6. The van der Waals surface area contributed by atoms with Gasteiger partial charge in [-0.05, 0) is 137 Å². The SMILES string of the molecule is C1=CC(c2ccccc2)Cc2c1c(-c1ccc(-c3ccc4oc5ccccc5c4c3)cc1)c1cc(-c3ccccc3)ccc1c2-c1cccc(-c2ccc3ccccc3c2)c1. The van der Waals surface area contributed by atoms with E-state index in [1.54, 1.807) is 0 Å². The Labute approximate surface area is 355 Å². The van der Waals surface area contributed by atoms with Gasteiger partial charge in [-0.2, -0.15) is 0 Å². The van der Waals surface area contributed by atoms with Crippen molar-refractivity contribution in [3.63, 3.8) is 0 Å². The molecule has 1 aromatic heterocycles. The van der Waals surface area contributed by atoms with E-state index in [2.05, 4.69) is 212 Å². The molecule has 0 spiro atoms. The van der Waals surface area contributed by atoms with E-state index >= 15 is 0 Å². The minimum Gasteiger partial charge on any atom is -0.456 e. The average Bonchev–Trinajstić information content (AvgIpc) is 3.71. The van der Waals surface area contributed by atoms with Crippen LogP contribution in [0.4, 0.5) is 0 Å². The fraction of sp³-hybridized carbons (Fsp3) is 0.0333. The predicted molar refractivity (Wildman–Crippen MR) is 258 cm³/mol. The lowest BCUT2D eigenvalue weighted by Crippen LogP contribution is -2.09. The fourth-order valence-electron chi connectivity index (χ4n) is 9.80. The van der Waals surface area contributed by atoms with Gasteiger partial charge < -0.3 is 4.42 Å². The van der Waals surface area contributed by atoms with Crippen LogP contribution in [0.1, 0.15) is 22.6 Å². The summed E-state index contributed by atoms with van der Waals surface area (Å²) in [7, 11) is 0. The maximum Gasteiger partial charge on any atom is 0.135 e. The third kappa shape index (κ3) is 6.17. The molecule has 0 aliphatic heterocycles. The van der Waals surface area contributed by atoms with E-state index in [-0.39, 0.29) is 5.92 Å². The van der Waals surface area contributed by atoms with Crippen molar-refractivity contribution in [2.24, 2.45) is 0 Å². The number of rotatable bonds is 6. The molecule has 0 N–H and O–H groups in total. The van der Waals surface area contributed by atoms with Crippen molar-refractivity contribution in [1.29, 1.82) is 0 Å². The Bertz CT molecular complexity index is 3480. The zero-order valence-corrected chi connectivity index (χ0v) is 33.6. The molecule has 10 aromatic carbocycles. The summed E-state index contributed by atoms with van der Waals surface area (Å²) in [4.78, 5) is 0. The van der Waals surface area contributed by atoms with E-state index in [4.69, 9.17) is 4.42 Å². The van der Waals surface area contributed by atoms with Gasteiger partial charge in [0.1, 0.15) is 11.2 Å². The molecule has 1 atom stereocenters. The van der Waals surface area contributed by atoms with E-state index in [9.17, 15) is 0 Å². The highest BCUT2D eigenvalue weighted by molar-refractivity contribution is 6.12. The van der Waals surface area contributed by atoms with E-state index in [1.165, 1.54) is 93.9 Å². The Morgan fingerprint density at radius 2 is 0.934 bits per heavy atom. The first kappa shape index (κ1) is 35.2. The number of furan rings is 1. The van der Waals surface area contributed by atoms with Gasteiger partial charge in [-0.15, -0.1) is 0 Å². The molecule has 0 saturated heterocycles. The second kappa shape index (κ2) is 14.5. The number of para-hydroxylation sites is 1. The van der Waals surface area contributed by atoms with Crippen molar-refractivity contribution >= 4 is 49.6 Å². The quantitative estimate of drug-likeness (QED) is 0.164. The molecule has 0 fully saturated rings. The largest absolute Gasteiger partial charge is 0.456 e. The summed E-state index contributed by atoms with van der Waals surface area (Å²) < 4.78 is 6.17. The highest BCUT2D eigenvalue weighted by Crippen LogP contribution is 2.48. The first-order valence-corrected chi connectivity index (χ1v) is 21.2. The molecule has 0 amide bonds. The number of hydrogen-bond acceptors (Lipinski definition) is 1. The maximum absolute atomic E-state index is 6.17. The molecular formula is C60H40O. The fourth-order valence-corrected chi connectivity index (χ4v) is 9.80. The molecule has 61 heavy (non-hydrogen) atoms. The molecule has 0 saturated carbocycles.